The van der Waals surface area contributed by atoms with E-state index in [1.54, 1.807) is 36.4 Å². The van der Waals surface area contributed by atoms with Crippen LogP contribution in [0.25, 0.3) is 0 Å². The Morgan fingerprint density at radius 1 is 1.08 bits per heavy atom. The normalized spacial score (nSPS) is 11.2. The molecule has 2 aromatic rings. The average molecular weight is 395 g/mol. The van der Waals surface area contributed by atoms with Gasteiger partial charge in [0.25, 0.3) is 0 Å². The van der Waals surface area contributed by atoms with Crippen LogP contribution in [0.2, 0.25) is 5.02 Å². The maximum absolute atomic E-state index is 12.3. The number of nitrogens with one attached hydrogen (secondary N) is 1. The van der Waals surface area contributed by atoms with Crippen LogP contribution in [0.4, 0.5) is 5.69 Å². The number of rotatable bonds is 7. The molecule has 0 aromatic heterocycles. The van der Waals surface area contributed by atoms with Gasteiger partial charge in [-0.15, -0.1) is 0 Å². The number of Topliss-reactive ketones (excluding diaryl/α,β-unsaturated/α-hetero) is 1. The van der Waals surface area contributed by atoms with Crippen molar-refractivity contribution in [2.75, 3.05) is 18.0 Å². The third-order valence-electron chi connectivity index (χ3n) is 3.68. The van der Waals surface area contributed by atoms with E-state index in [1.807, 2.05) is 0 Å². The van der Waals surface area contributed by atoms with Gasteiger partial charge in [-0.3, -0.25) is 9.59 Å². The minimum Gasteiger partial charge on any atom is -0.311 e. The van der Waals surface area contributed by atoms with Gasteiger partial charge in [-0.05, 0) is 37.3 Å². The maximum Gasteiger partial charge on any atom is 0.240 e. The lowest BCUT2D eigenvalue weighted by Gasteiger charge is -2.22. The number of carbonyl (C=O) groups is 2. The van der Waals surface area contributed by atoms with Gasteiger partial charge in [0, 0.05) is 36.3 Å². The van der Waals surface area contributed by atoms with Crippen molar-refractivity contribution in [2.24, 2.45) is 0 Å². The van der Waals surface area contributed by atoms with E-state index in [2.05, 4.69) is 4.72 Å². The topological polar surface area (TPSA) is 83.6 Å². The Morgan fingerprint density at radius 2 is 1.77 bits per heavy atom. The second-order valence-corrected chi connectivity index (χ2v) is 7.84. The average Bonchev–Trinajstić information content (AvgIpc) is 2.58. The number of carbonyl (C=O) groups excluding carboxylic acids is 2. The summed E-state index contributed by atoms with van der Waals surface area (Å²) in [5.41, 5.74) is 1.01. The summed E-state index contributed by atoms with van der Waals surface area (Å²) in [4.78, 5) is 24.9. The SMILES string of the molecule is CC(=O)c1cccc(N(CCNS(=O)(=O)c2cccc(Cl)c2)C(C)=O)c1. The molecule has 26 heavy (non-hydrogen) atoms. The van der Waals surface area contributed by atoms with Crippen LogP contribution < -0.4 is 9.62 Å². The standard InChI is InChI=1S/C18H19ClN2O4S/c1-13(22)15-5-3-7-17(11-15)21(14(2)23)10-9-20-26(24,25)18-8-4-6-16(19)12-18/h3-8,11-12,20H,9-10H2,1-2H3. The van der Waals surface area contributed by atoms with E-state index in [1.165, 1.54) is 30.9 Å². The Morgan fingerprint density at radius 3 is 2.38 bits per heavy atom. The zero-order valence-electron chi connectivity index (χ0n) is 14.4. The predicted molar refractivity (Wildman–Crippen MR) is 101 cm³/mol. The Labute approximate surface area is 157 Å². The number of anilines is 1. The lowest BCUT2D eigenvalue weighted by molar-refractivity contribution is -0.116. The third kappa shape index (κ3) is 5.14. The molecule has 0 aliphatic heterocycles. The zero-order valence-corrected chi connectivity index (χ0v) is 16.0. The molecule has 0 radical (unpaired) electrons. The molecular weight excluding hydrogens is 376 g/mol. The molecule has 1 N–H and O–H groups in total. The zero-order chi connectivity index (χ0) is 19.3. The number of sulfonamides is 1. The van der Waals surface area contributed by atoms with Gasteiger partial charge < -0.3 is 4.90 Å². The summed E-state index contributed by atoms with van der Waals surface area (Å²) in [6, 6.07) is 12.6. The molecule has 8 heteroatoms. The Balaban J connectivity index is 2.11. The summed E-state index contributed by atoms with van der Waals surface area (Å²) in [5, 5.41) is 0.319. The minimum atomic E-state index is -3.73. The van der Waals surface area contributed by atoms with E-state index in [-0.39, 0.29) is 29.7 Å². The van der Waals surface area contributed by atoms with Crippen molar-refractivity contribution in [1.29, 1.82) is 0 Å². The Bertz CT molecular complexity index is 928. The monoisotopic (exact) mass is 394 g/mol. The van der Waals surface area contributed by atoms with Crippen LogP contribution in [0.15, 0.2) is 53.4 Å². The lowest BCUT2D eigenvalue weighted by Crippen LogP contribution is -2.37. The molecular formula is C18H19ClN2O4S. The Kier molecular flexibility index (Phi) is 6.52. The molecule has 2 rings (SSSR count). The van der Waals surface area contributed by atoms with E-state index in [0.717, 1.165) is 0 Å². The van der Waals surface area contributed by atoms with Crippen LogP contribution in [0.5, 0.6) is 0 Å². The van der Waals surface area contributed by atoms with Crippen molar-refractivity contribution in [3.05, 3.63) is 59.1 Å². The molecule has 0 aliphatic carbocycles. The number of halogens is 1. The highest BCUT2D eigenvalue weighted by Gasteiger charge is 2.17. The van der Waals surface area contributed by atoms with Gasteiger partial charge in [-0.1, -0.05) is 29.8 Å². The maximum atomic E-state index is 12.3. The summed E-state index contributed by atoms with van der Waals surface area (Å²) < 4.78 is 27.0. The lowest BCUT2D eigenvalue weighted by atomic mass is 10.1. The van der Waals surface area contributed by atoms with E-state index in [0.29, 0.717) is 16.3 Å². The molecule has 0 fully saturated rings. The van der Waals surface area contributed by atoms with Gasteiger partial charge in [-0.25, -0.2) is 13.1 Å². The highest BCUT2D eigenvalue weighted by atomic mass is 35.5. The summed E-state index contributed by atoms with van der Waals surface area (Å²) >= 11 is 5.82. The summed E-state index contributed by atoms with van der Waals surface area (Å²) in [7, 11) is -3.73. The molecule has 0 aliphatic rings. The van der Waals surface area contributed by atoms with Crippen LogP contribution in [-0.2, 0) is 14.8 Å². The molecule has 0 atom stereocenters. The molecule has 0 bridgehead atoms. The molecule has 0 unspecified atom stereocenters. The van der Waals surface area contributed by atoms with Crippen molar-refractivity contribution in [3.8, 4) is 0 Å². The fourth-order valence-corrected chi connectivity index (χ4v) is 3.69. The summed E-state index contributed by atoms with van der Waals surface area (Å²) in [6.07, 6.45) is 0. The van der Waals surface area contributed by atoms with E-state index < -0.39 is 10.0 Å². The van der Waals surface area contributed by atoms with Crippen LogP contribution in [-0.4, -0.2) is 33.2 Å². The number of hydrogen-bond acceptors (Lipinski definition) is 4. The predicted octanol–water partition coefficient (Wildman–Crippen LogP) is 2.87. The minimum absolute atomic E-state index is 0.0126. The smallest absolute Gasteiger partial charge is 0.240 e. The quantitative estimate of drug-likeness (QED) is 0.732. The fourth-order valence-electron chi connectivity index (χ4n) is 2.37. The first-order valence-corrected chi connectivity index (χ1v) is 9.71. The second kappa shape index (κ2) is 8.44. The van der Waals surface area contributed by atoms with Gasteiger partial charge in [0.1, 0.15) is 0 Å². The van der Waals surface area contributed by atoms with Crippen molar-refractivity contribution < 1.29 is 18.0 Å². The third-order valence-corrected chi connectivity index (χ3v) is 5.37. The van der Waals surface area contributed by atoms with Gasteiger partial charge in [-0.2, -0.15) is 0 Å². The van der Waals surface area contributed by atoms with Gasteiger partial charge in [0.2, 0.25) is 15.9 Å². The van der Waals surface area contributed by atoms with Crippen LogP contribution >= 0.6 is 11.6 Å². The number of ketones is 1. The molecule has 0 spiro atoms. The number of benzene rings is 2. The molecule has 138 valence electrons. The molecule has 1 amide bonds. The number of amides is 1. The molecule has 2 aromatic carbocycles. The van der Waals surface area contributed by atoms with Crippen molar-refractivity contribution in [3.63, 3.8) is 0 Å². The van der Waals surface area contributed by atoms with Gasteiger partial charge in [0.05, 0.1) is 4.90 Å². The van der Waals surface area contributed by atoms with E-state index in [9.17, 15) is 18.0 Å². The summed E-state index contributed by atoms with van der Waals surface area (Å²) in [5.74, 6) is -0.371. The highest BCUT2D eigenvalue weighted by molar-refractivity contribution is 7.89. The first kappa shape index (κ1) is 20.1. The van der Waals surface area contributed by atoms with Crippen molar-refractivity contribution >= 4 is 39.0 Å². The van der Waals surface area contributed by atoms with E-state index >= 15 is 0 Å². The fraction of sp³-hybridized carbons (Fsp3) is 0.222. The van der Waals surface area contributed by atoms with Crippen molar-refractivity contribution in [2.45, 2.75) is 18.7 Å². The number of hydrogen-bond donors (Lipinski definition) is 1. The van der Waals surface area contributed by atoms with E-state index in [4.69, 9.17) is 11.6 Å². The number of nitrogens with zero attached hydrogens (tertiary/aromatic N) is 1. The summed E-state index contributed by atoms with van der Waals surface area (Å²) in [6.45, 7) is 2.96. The first-order chi connectivity index (χ1) is 12.2. The largest absolute Gasteiger partial charge is 0.311 e. The molecule has 0 saturated heterocycles. The van der Waals surface area contributed by atoms with Crippen LogP contribution in [0.1, 0.15) is 24.2 Å². The molecule has 0 saturated carbocycles. The Hall–Kier alpha value is -2.22. The van der Waals surface area contributed by atoms with Gasteiger partial charge in [0.15, 0.2) is 5.78 Å². The second-order valence-electron chi connectivity index (χ2n) is 5.63. The van der Waals surface area contributed by atoms with Crippen LogP contribution in [0.3, 0.4) is 0 Å². The van der Waals surface area contributed by atoms with Gasteiger partial charge >= 0.3 is 0 Å². The molecule has 6 nitrogen and oxygen atoms in total. The molecule has 0 heterocycles. The van der Waals surface area contributed by atoms with Crippen molar-refractivity contribution in [1.82, 2.24) is 4.72 Å². The van der Waals surface area contributed by atoms with Crippen LogP contribution in [0, 0.1) is 0 Å². The first-order valence-electron chi connectivity index (χ1n) is 7.85. The highest BCUT2D eigenvalue weighted by Crippen LogP contribution is 2.18.